The maximum atomic E-state index is 11.8. The summed E-state index contributed by atoms with van der Waals surface area (Å²) in [5.41, 5.74) is 8.35. The topological polar surface area (TPSA) is 84.2 Å². The van der Waals surface area contributed by atoms with Crippen molar-refractivity contribution in [2.24, 2.45) is 5.73 Å². The van der Waals surface area contributed by atoms with Gasteiger partial charge in [-0.3, -0.25) is 4.79 Å². The van der Waals surface area contributed by atoms with Gasteiger partial charge in [-0.05, 0) is 42.3 Å². The van der Waals surface area contributed by atoms with Gasteiger partial charge in [-0.1, -0.05) is 24.3 Å². The first-order valence-electron chi connectivity index (χ1n) is 6.55. The highest BCUT2D eigenvalue weighted by atomic mass is 16.2. The van der Waals surface area contributed by atoms with E-state index < -0.39 is 5.91 Å². The van der Waals surface area contributed by atoms with E-state index in [1.165, 1.54) is 0 Å². The fraction of sp³-hybridized carbons (Fsp3) is 0.125. The predicted molar refractivity (Wildman–Crippen MR) is 82.0 cm³/mol. The SMILES string of the molecule is Cc1ccccc1CNC(=O)Nc1ccc(C(N)=O)cc1. The number of amides is 3. The van der Waals surface area contributed by atoms with Crippen molar-refractivity contribution in [2.75, 3.05) is 5.32 Å². The molecule has 0 fully saturated rings. The number of benzene rings is 2. The Morgan fingerprint density at radius 2 is 1.71 bits per heavy atom. The number of aryl methyl sites for hydroxylation is 1. The Balaban J connectivity index is 1.90. The van der Waals surface area contributed by atoms with Crippen LogP contribution >= 0.6 is 0 Å². The maximum absolute atomic E-state index is 11.8. The molecule has 2 aromatic carbocycles. The average Bonchev–Trinajstić information content (AvgIpc) is 2.47. The summed E-state index contributed by atoms with van der Waals surface area (Å²) < 4.78 is 0. The minimum absolute atomic E-state index is 0.301. The van der Waals surface area contributed by atoms with Crippen molar-refractivity contribution in [3.05, 3.63) is 65.2 Å². The number of hydrogen-bond acceptors (Lipinski definition) is 2. The van der Waals surface area contributed by atoms with Crippen LogP contribution in [0.1, 0.15) is 21.5 Å². The molecule has 0 saturated heterocycles. The van der Waals surface area contributed by atoms with Crippen LogP contribution < -0.4 is 16.4 Å². The molecule has 0 radical (unpaired) electrons. The van der Waals surface area contributed by atoms with Crippen LogP contribution in [0.15, 0.2) is 48.5 Å². The standard InChI is InChI=1S/C16H17N3O2/c1-11-4-2-3-5-13(11)10-18-16(21)19-14-8-6-12(7-9-14)15(17)20/h2-9H,10H2,1H3,(H2,17,20)(H2,18,19,21). The summed E-state index contributed by atoms with van der Waals surface area (Å²) in [4.78, 5) is 22.8. The van der Waals surface area contributed by atoms with Gasteiger partial charge >= 0.3 is 6.03 Å². The van der Waals surface area contributed by atoms with Crippen molar-refractivity contribution in [2.45, 2.75) is 13.5 Å². The predicted octanol–water partition coefficient (Wildman–Crippen LogP) is 2.42. The Bertz CT molecular complexity index is 651. The second-order valence-electron chi connectivity index (χ2n) is 4.68. The fourth-order valence-corrected chi connectivity index (χ4v) is 1.88. The summed E-state index contributed by atoms with van der Waals surface area (Å²) >= 11 is 0. The molecule has 0 aromatic heterocycles. The van der Waals surface area contributed by atoms with Gasteiger partial charge in [0.25, 0.3) is 0 Å². The van der Waals surface area contributed by atoms with Crippen molar-refractivity contribution in [1.82, 2.24) is 5.32 Å². The largest absolute Gasteiger partial charge is 0.366 e. The number of carbonyl (C=O) groups excluding carboxylic acids is 2. The Morgan fingerprint density at radius 1 is 1.05 bits per heavy atom. The summed E-state index contributed by atoms with van der Waals surface area (Å²) in [6.07, 6.45) is 0. The van der Waals surface area contributed by atoms with Gasteiger partial charge in [-0.2, -0.15) is 0 Å². The van der Waals surface area contributed by atoms with E-state index in [2.05, 4.69) is 10.6 Å². The normalized spacial score (nSPS) is 9.95. The van der Waals surface area contributed by atoms with E-state index in [0.717, 1.165) is 11.1 Å². The fourth-order valence-electron chi connectivity index (χ4n) is 1.88. The molecular formula is C16H17N3O2. The Labute approximate surface area is 123 Å². The lowest BCUT2D eigenvalue weighted by atomic mass is 10.1. The number of carbonyl (C=O) groups is 2. The third kappa shape index (κ3) is 4.07. The van der Waals surface area contributed by atoms with Crippen LogP contribution in [-0.4, -0.2) is 11.9 Å². The van der Waals surface area contributed by atoms with Crippen molar-refractivity contribution >= 4 is 17.6 Å². The molecule has 2 rings (SSSR count). The van der Waals surface area contributed by atoms with E-state index in [1.54, 1.807) is 24.3 Å². The molecular weight excluding hydrogens is 266 g/mol. The van der Waals surface area contributed by atoms with E-state index in [9.17, 15) is 9.59 Å². The lowest BCUT2D eigenvalue weighted by molar-refractivity contribution is 0.100. The van der Waals surface area contributed by atoms with E-state index in [1.807, 2.05) is 31.2 Å². The van der Waals surface area contributed by atoms with Crippen LogP contribution in [0.25, 0.3) is 0 Å². The molecule has 0 heterocycles. The van der Waals surface area contributed by atoms with Gasteiger partial charge < -0.3 is 16.4 Å². The van der Waals surface area contributed by atoms with Crippen LogP contribution in [0, 0.1) is 6.92 Å². The highest BCUT2D eigenvalue weighted by Crippen LogP contribution is 2.09. The zero-order chi connectivity index (χ0) is 15.2. The van der Waals surface area contributed by atoms with Gasteiger partial charge in [0.1, 0.15) is 0 Å². The number of urea groups is 1. The molecule has 5 heteroatoms. The molecule has 21 heavy (non-hydrogen) atoms. The van der Waals surface area contributed by atoms with Gasteiger partial charge in [0.15, 0.2) is 0 Å². The maximum Gasteiger partial charge on any atom is 0.319 e. The van der Waals surface area contributed by atoms with E-state index in [0.29, 0.717) is 17.8 Å². The van der Waals surface area contributed by atoms with Gasteiger partial charge in [0, 0.05) is 17.8 Å². The Kier molecular flexibility index (Phi) is 4.56. The minimum Gasteiger partial charge on any atom is -0.366 e. The van der Waals surface area contributed by atoms with Gasteiger partial charge in [-0.25, -0.2) is 4.79 Å². The summed E-state index contributed by atoms with van der Waals surface area (Å²) in [5, 5.41) is 5.48. The summed E-state index contributed by atoms with van der Waals surface area (Å²) in [6, 6.07) is 14.0. The molecule has 0 spiro atoms. The van der Waals surface area contributed by atoms with E-state index in [-0.39, 0.29) is 6.03 Å². The highest BCUT2D eigenvalue weighted by molar-refractivity contribution is 5.94. The molecule has 0 saturated carbocycles. The summed E-state index contributed by atoms with van der Waals surface area (Å²) in [5.74, 6) is -0.495. The van der Waals surface area contributed by atoms with Crippen molar-refractivity contribution in [3.63, 3.8) is 0 Å². The van der Waals surface area contributed by atoms with E-state index >= 15 is 0 Å². The van der Waals surface area contributed by atoms with Crippen LogP contribution in [0.5, 0.6) is 0 Å². The first-order chi connectivity index (χ1) is 10.1. The molecule has 0 unspecified atom stereocenters. The number of anilines is 1. The molecule has 0 atom stereocenters. The zero-order valence-corrected chi connectivity index (χ0v) is 11.7. The zero-order valence-electron chi connectivity index (χ0n) is 11.7. The molecule has 0 bridgehead atoms. The molecule has 0 aliphatic carbocycles. The van der Waals surface area contributed by atoms with Crippen LogP contribution in [0.4, 0.5) is 10.5 Å². The van der Waals surface area contributed by atoms with Gasteiger partial charge in [0.05, 0.1) is 0 Å². The van der Waals surface area contributed by atoms with Crippen LogP contribution in [0.3, 0.4) is 0 Å². The molecule has 0 aliphatic heterocycles. The molecule has 0 aliphatic rings. The smallest absolute Gasteiger partial charge is 0.319 e. The third-order valence-electron chi connectivity index (χ3n) is 3.13. The second kappa shape index (κ2) is 6.56. The number of nitrogens with one attached hydrogen (secondary N) is 2. The molecule has 2 aromatic rings. The monoisotopic (exact) mass is 283 g/mol. The van der Waals surface area contributed by atoms with Crippen molar-refractivity contribution in [1.29, 1.82) is 0 Å². The van der Waals surface area contributed by atoms with Gasteiger partial charge in [-0.15, -0.1) is 0 Å². The summed E-state index contributed by atoms with van der Waals surface area (Å²) in [7, 11) is 0. The Hall–Kier alpha value is -2.82. The Morgan fingerprint density at radius 3 is 2.33 bits per heavy atom. The van der Waals surface area contributed by atoms with Crippen LogP contribution in [-0.2, 0) is 6.54 Å². The minimum atomic E-state index is -0.495. The third-order valence-corrected chi connectivity index (χ3v) is 3.13. The van der Waals surface area contributed by atoms with Crippen molar-refractivity contribution in [3.8, 4) is 0 Å². The van der Waals surface area contributed by atoms with Crippen molar-refractivity contribution < 1.29 is 9.59 Å². The quantitative estimate of drug-likeness (QED) is 0.805. The van der Waals surface area contributed by atoms with Gasteiger partial charge in [0.2, 0.25) is 5.91 Å². The summed E-state index contributed by atoms with van der Waals surface area (Å²) in [6.45, 7) is 2.45. The van der Waals surface area contributed by atoms with Crippen LogP contribution in [0.2, 0.25) is 0 Å². The first-order valence-corrected chi connectivity index (χ1v) is 6.55. The number of hydrogen-bond donors (Lipinski definition) is 3. The first kappa shape index (κ1) is 14.6. The molecule has 3 amide bonds. The molecule has 4 N–H and O–H groups in total. The highest BCUT2D eigenvalue weighted by Gasteiger charge is 2.04. The molecule has 108 valence electrons. The molecule has 5 nitrogen and oxygen atoms in total. The lowest BCUT2D eigenvalue weighted by Crippen LogP contribution is -2.28. The lowest BCUT2D eigenvalue weighted by Gasteiger charge is -2.09. The second-order valence-corrected chi connectivity index (χ2v) is 4.68. The number of nitrogens with two attached hydrogens (primary N) is 1. The average molecular weight is 283 g/mol. The number of rotatable bonds is 4. The van der Waals surface area contributed by atoms with E-state index in [4.69, 9.17) is 5.73 Å². The number of primary amides is 1.